The summed E-state index contributed by atoms with van der Waals surface area (Å²) in [6, 6.07) is 23.7. The molecule has 0 aliphatic heterocycles. The van der Waals surface area contributed by atoms with Gasteiger partial charge in [-0.2, -0.15) is 0 Å². The van der Waals surface area contributed by atoms with Gasteiger partial charge in [0, 0.05) is 25.7 Å². The number of hydrogen-bond acceptors (Lipinski definition) is 5. The molecule has 0 bridgehead atoms. The second kappa shape index (κ2) is 14.4. The molecule has 6 nitrogen and oxygen atoms in total. The Morgan fingerprint density at radius 2 is 1.02 bits per heavy atom. The molecule has 0 heterocycles. The maximum absolute atomic E-state index is 12.3. The molecule has 0 aliphatic rings. The van der Waals surface area contributed by atoms with E-state index in [0.717, 1.165) is 0 Å². The van der Waals surface area contributed by atoms with E-state index in [1.807, 2.05) is 6.92 Å². The molecular weight excluding hydrogens is 622 g/mol. The molecule has 0 radical (unpaired) electrons. The molecule has 0 aromatic heterocycles. The number of carboxylic acids is 1. The topological polar surface area (TPSA) is 104 Å². The first-order valence-corrected chi connectivity index (χ1v) is 14.3. The van der Waals surface area contributed by atoms with Crippen LogP contribution in [0.1, 0.15) is 41.7 Å². The van der Waals surface area contributed by atoms with E-state index < -0.39 is 23.1 Å². The lowest BCUT2D eigenvalue weighted by molar-refractivity contribution is -0.161. The number of rotatable bonds is 8. The minimum absolute atomic E-state index is 0.169. The van der Waals surface area contributed by atoms with Crippen LogP contribution >= 0.6 is 46.4 Å². The number of carbonyl (C=O) groups excluding carboxylic acids is 1. The summed E-state index contributed by atoms with van der Waals surface area (Å²) in [4.78, 5) is 24.0. The number of carbonyl (C=O) groups is 2. The molecule has 0 amide bonds. The quantitative estimate of drug-likeness (QED) is 0.169. The maximum Gasteiger partial charge on any atom is 0.347 e. The molecule has 1 unspecified atom stereocenters. The van der Waals surface area contributed by atoms with Crippen molar-refractivity contribution in [3.63, 3.8) is 0 Å². The van der Waals surface area contributed by atoms with Gasteiger partial charge in [-0.25, -0.2) is 9.59 Å². The molecular formula is C32H28Cl4O6. The van der Waals surface area contributed by atoms with E-state index in [0.29, 0.717) is 48.8 Å². The molecule has 0 saturated heterocycles. The SMILES string of the molecule is CCOC(=O)C(O)(c1ccc(Cl)cc1)c1ccc(Cl)cc1.CCc1cc(Cl)ccc1C(O)(C(=O)O)c1ccc(Cl)cc1. The van der Waals surface area contributed by atoms with E-state index >= 15 is 0 Å². The van der Waals surface area contributed by atoms with Crippen LogP contribution in [0.4, 0.5) is 0 Å². The Morgan fingerprint density at radius 3 is 1.38 bits per heavy atom. The van der Waals surface area contributed by atoms with Gasteiger partial charge < -0.3 is 20.1 Å². The van der Waals surface area contributed by atoms with Crippen molar-refractivity contribution in [3.05, 3.63) is 139 Å². The molecule has 0 saturated carbocycles. The van der Waals surface area contributed by atoms with E-state index in [-0.39, 0.29) is 12.2 Å². The zero-order valence-corrected chi connectivity index (χ0v) is 25.7. The van der Waals surface area contributed by atoms with E-state index in [2.05, 4.69) is 0 Å². The molecule has 42 heavy (non-hydrogen) atoms. The van der Waals surface area contributed by atoms with Gasteiger partial charge in [-0.3, -0.25) is 0 Å². The van der Waals surface area contributed by atoms with Gasteiger partial charge in [-0.1, -0.05) is 95.8 Å². The molecule has 220 valence electrons. The van der Waals surface area contributed by atoms with Crippen molar-refractivity contribution in [3.8, 4) is 0 Å². The van der Waals surface area contributed by atoms with E-state index in [1.165, 1.54) is 12.1 Å². The van der Waals surface area contributed by atoms with Crippen LogP contribution in [0, 0.1) is 0 Å². The number of benzene rings is 4. The lowest BCUT2D eigenvalue weighted by atomic mass is 9.83. The summed E-state index contributed by atoms with van der Waals surface area (Å²) in [6.07, 6.45) is 0.555. The van der Waals surface area contributed by atoms with Crippen molar-refractivity contribution in [2.45, 2.75) is 31.5 Å². The van der Waals surface area contributed by atoms with Crippen LogP contribution in [0.3, 0.4) is 0 Å². The monoisotopic (exact) mass is 648 g/mol. The van der Waals surface area contributed by atoms with Gasteiger partial charge >= 0.3 is 11.9 Å². The van der Waals surface area contributed by atoms with Crippen LogP contribution in [-0.4, -0.2) is 33.9 Å². The number of aryl methyl sites for hydroxylation is 1. The largest absolute Gasteiger partial charge is 0.479 e. The predicted molar refractivity (Wildman–Crippen MR) is 165 cm³/mol. The molecule has 10 heteroatoms. The minimum atomic E-state index is -2.14. The first-order chi connectivity index (χ1) is 19.9. The third-order valence-electron chi connectivity index (χ3n) is 6.50. The average molecular weight is 650 g/mol. The lowest BCUT2D eigenvalue weighted by Crippen LogP contribution is -2.38. The zero-order chi connectivity index (χ0) is 31.1. The van der Waals surface area contributed by atoms with Gasteiger partial charge in [0.15, 0.2) is 0 Å². The molecule has 0 spiro atoms. The fourth-order valence-corrected chi connectivity index (χ4v) is 4.89. The maximum atomic E-state index is 12.3. The van der Waals surface area contributed by atoms with Crippen molar-refractivity contribution in [1.29, 1.82) is 0 Å². The summed E-state index contributed by atoms with van der Waals surface area (Å²) < 4.78 is 5.02. The van der Waals surface area contributed by atoms with Crippen molar-refractivity contribution >= 4 is 58.3 Å². The standard InChI is InChI=1S/2C16H14Cl2O3/c1-2-21-15(19)16(20,11-3-7-13(17)8-4-11)12-5-9-14(18)10-6-12;1-2-10-9-13(18)7-8-14(10)16(21,15(19)20)11-3-5-12(17)6-4-11/h3-10,20H,2H2,1H3;3-9,21H,2H2,1H3,(H,19,20). The second-order valence-corrected chi connectivity index (χ2v) is 10.9. The molecule has 4 aromatic carbocycles. The lowest BCUT2D eigenvalue weighted by Gasteiger charge is -2.27. The number of halogens is 4. The van der Waals surface area contributed by atoms with Gasteiger partial charge in [0.05, 0.1) is 6.61 Å². The third-order valence-corrected chi connectivity index (χ3v) is 7.50. The summed E-state index contributed by atoms with van der Waals surface area (Å²) in [7, 11) is 0. The van der Waals surface area contributed by atoms with Crippen molar-refractivity contribution < 1.29 is 29.6 Å². The highest BCUT2D eigenvalue weighted by Gasteiger charge is 2.42. The summed E-state index contributed by atoms with van der Waals surface area (Å²) in [5, 5.41) is 33.4. The Labute approximate surface area is 264 Å². The summed E-state index contributed by atoms with van der Waals surface area (Å²) >= 11 is 23.5. The smallest absolute Gasteiger partial charge is 0.347 e. The van der Waals surface area contributed by atoms with Crippen LogP contribution in [-0.2, 0) is 31.9 Å². The van der Waals surface area contributed by atoms with E-state index in [9.17, 15) is 24.9 Å². The fraction of sp³-hybridized carbons (Fsp3) is 0.188. The third kappa shape index (κ3) is 7.27. The van der Waals surface area contributed by atoms with Gasteiger partial charge in [0.25, 0.3) is 0 Å². The average Bonchev–Trinajstić information content (AvgIpc) is 2.97. The fourth-order valence-electron chi connectivity index (χ4n) is 4.31. The van der Waals surface area contributed by atoms with Crippen molar-refractivity contribution in [2.24, 2.45) is 0 Å². The van der Waals surface area contributed by atoms with Gasteiger partial charge in [-0.15, -0.1) is 0 Å². The van der Waals surface area contributed by atoms with Crippen LogP contribution in [0.15, 0.2) is 91.0 Å². The van der Waals surface area contributed by atoms with Crippen LogP contribution in [0.25, 0.3) is 0 Å². The van der Waals surface area contributed by atoms with Crippen LogP contribution in [0.5, 0.6) is 0 Å². The number of esters is 1. The Hall–Kier alpha value is -3.10. The number of carboxylic acid groups (broad SMARTS) is 1. The van der Waals surface area contributed by atoms with Gasteiger partial charge in [0.1, 0.15) is 0 Å². The molecule has 0 aliphatic carbocycles. The van der Waals surface area contributed by atoms with Crippen LogP contribution in [0.2, 0.25) is 20.1 Å². The number of ether oxygens (including phenoxy) is 1. The molecule has 4 rings (SSSR count). The number of hydrogen-bond donors (Lipinski definition) is 3. The first-order valence-electron chi connectivity index (χ1n) is 12.8. The van der Waals surface area contributed by atoms with E-state index in [4.69, 9.17) is 51.1 Å². The second-order valence-electron chi connectivity index (χ2n) is 9.12. The Kier molecular flexibility index (Phi) is 11.4. The molecule has 3 N–H and O–H groups in total. The minimum Gasteiger partial charge on any atom is -0.479 e. The summed E-state index contributed by atoms with van der Waals surface area (Å²) in [5.74, 6) is -2.09. The van der Waals surface area contributed by atoms with Crippen molar-refractivity contribution in [2.75, 3.05) is 6.61 Å². The Balaban J connectivity index is 0.000000230. The van der Waals surface area contributed by atoms with Crippen LogP contribution < -0.4 is 0 Å². The summed E-state index contributed by atoms with van der Waals surface area (Å²) in [5.41, 5.74) is -2.03. The number of aliphatic hydroxyl groups is 2. The number of aliphatic carboxylic acids is 1. The normalized spacial score (nSPS) is 12.5. The van der Waals surface area contributed by atoms with Gasteiger partial charge in [0.2, 0.25) is 11.2 Å². The predicted octanol–water partition coefficient (Wildman–Crippen LogP) is 7.67. The van der Waals surface area contributed by atoms with Gasteiger partial charge in [-0.05, 0) is 84.1 Å². The highest BCUT2D eigenvalue weighted by molar-refractivity contribution is 6.31. The molecule has 1 atom stereocenters. The Bertz CT molecular complexity index is 1480. The molecule has 0 fully saturated rings. The zero-order valence-electron chi connectivity index (χ0n) is 22.7. The molecule has 4 aromatic rings. The van der Waals surface area contributed by atoms with Crippen molar-refractivity contribution in [1.82, 2.24) is 0 Å². The Morgan fingerprint density at radius 1 is 0.643 bits per heavy atom. The summed E-state index contributed by atoms with van der Waals surface area (Å²) in [6.45, 7) is 3.73. The highest BCUT2D eigenvalue weighted by Crippen LogP contribution is 2.35. The van der Waals surface area contributed by atoms with E-state index in [1.54, 1.807) is 85.8 Å². The first kappa shape index (κ1) is 33.4. The highest BCUT2D eigenvalue weighted by atomic mass is 35.5.